The predicted molar refractivity (Wildman–Crippen MR) is 82.0 cm³/mol. The highest BCUT2D eigenvalue weighted by atomic mass is 32.1. The Hall–Kier alpha value is -2.14. The summed E-state index contributed by atoms with van der Waals surface area (Å²) in [5.74, 6) is 0.296. The Morgan fingerprint density at radius 2 is 2.00 bits per heavy atom. The quantitative estimate of drug-likeness (QED) is 0.645. The van der Waals surface area contributed by atoms with E-state index in [-0.39, 0.29) is 11.9 Å². The highest BCUT2D eigenvalue weighted by Gasteiger charge is 2.21. The molecule has 2 aromatic rings. The monoisotopic (exact) mass is 301 g/mol. The number of hydrogen-bond acceptors (Lipinski definition) is 4. The average Bonchev–Trinajstić information content (AvgIpc) is 3.08. The summed E-state index contributed by atoms with van der Waals surface area (Å²) in [5, 5.41) is 1.87. The van der Waals surface area contributed by atoms with Gasteiger partial charge in [0, 0.05) is 18.7 Å². The molecule has 1 saturated heterocycles. The van der Waals surface area contributed by atoms with Crippen molar-refractivity contribution in [3.63, 3.8) is 0 Å². The smallest absolute Gasteiger partial charge is 0.353 e. The standard InChI is InChI=1S/C16H15NO3S/c1-11-8-10-21-15(11)16(19)20-13-6-4-12(5-7-13)17-9-2-3-14(17)18/h4-8,10H,2-3,9H2,1H3. The fraction of sp³-hybridized carbons (Fsp3) is 0.250. The molecule has 1 aliphatic rings. The Morgan fingerprint density at radius 3 is 2.57 bits per heavy atom. The second kappa shape index (κ2) is 5.69. The Labute approximate surface area is 127 Å². The van der Waals surface area contributed by atoms with E-state index in [0.717, 1.165) is 24.2 Å². The topological polar surface area (TPSA) is 46.6 Å². The van der Waals surface area contributed by atoms with Crippen molar-refractivity contribution in [2.45, 2.75) is 19.8 Å². The van der Waals surface area contributed by atoms with Crippen LogP contribution >= 0.6 is 11.3 Å². The molecule has 5 heteroatoms. The van der Waals surface area contributed by atoms with Crippen molar-refractivity contribution in [3.05, 3.63) is 46.2 Å². The molecule has 0 unspecified atom stereocenters. The zero-order valence-electron chi connectivity index (χ0n) is 11.7. The number of amides is 1. The van der Waals surface area contributed by atoms with Gasteiger partial charge in [-0.15, -0.1) is 11.3 Å². The van der Waals surface area contributed by atoms with Gasteiger partial charge >= 0.3 is 5.97 Å². The maximum Gasteiger partial charge on any atom is 0.353 e. The molecule has 0 bridgehead atoms. The highest BCUT2D eigenvalue weighted by Crippen LogP contribution is 2.25. The number of nitrogens with zero attached hydrogens (tertiary/aromatic N) is 1. The molecule has 0 radical (unpaired) electrons. The molecular weight excluding hydrogens is 286 g/mol. The van der Waals surface area contributed by atoms with Crippen molar-refractivity contribution >= 4 is 28.9 Å². The van der Waals surface area contributed by atoms with Crippen molar-refractivity contribution in [1.29, 1.82) is 0 Å². The zero-order chi connectivity index (χ0) is 14.8. The van der Waals surface area contributed by atoms with Crippen LogP contribution in [0.4, 0.5) is 5.69 Å². The number of aryl methyl sites for hydroxylation is 1. The van der Waals surface area contributed by atoms with E-state index in [2.05, 4.69) is 0 Å². The van der Waals surface area contributed by atoms with Gasteiger partial charge in [0.15, 0.2) is 0 Å². The number of esters is 1. The van der Waals surface area contributed by atoms with Gasteiger partial charge in [0.1, 0.15) is 10.6 Å². The van der Waals surface area contributed by atoms with E-state index < -0.39 is 0 Å². The third-order valence-corrected chi connectivity index (χ3v) is 4.48. The number of rotatable bonds is 3. The summed E-state index contributed by atoms with van der Waals surface area (Å²) >= 11 is 1.37. The lowest BCUT2D eigenvalue weighted by atomic mass is 10.2. The SMILES string of the molecule is Cc1ccsc1C(=O)Oc1ccc(N2CCCC2=O)cc1. The largest absolute Gasteiger partial charge is 0.422 e. The molecule has 0 aliphatic carbocycles. The molecule has 0 saturated carbocycles. The lowest BCUT2D eigenvalue weighted by Crippen LogP contribution is -2.23. The van der Waals surface area contributed by atoms with Crippen LogP contribution in [0, 0.1) is 6.92 Å². The first kappa shape index (κ1) is 13.8. The van der Waals surface area contributed by atoms with Gasteiger partial charge in [0.2, 0.25) is 5.91 Å². The Kier molecular flexibility index (Phi) is 3.75. The van der Waals surface area contributed by atoms with Gasteiger partial charge in [-0.2, -0.15) is 0 Å². The number of ether oxygens (including phenoxy) is 1. The molecule has 1 aromatic heterocycles. The second-order valence-corrected chi connectivity index (χ2v) is 5.88. The summed E-state index contributed by atoms with van der Waals surface area (Å²) in [7, 11) is 0. The number of anilines is 1. The minimum Gasteiger partial charge on any atom is -0.422 e. The van der Waals surface area contributed by atoms with Crippen LogP contribution in [-0.2, 0) is 4.79 Å². The van der Waals surface area contributed by atoms with Crippen LogP contribution < -0.4 is 9.64 Å². The van der Waals surface area contributed by atoms with Gasteiger partial charge in [-0.1, -0.05) is 0 Å². The summed E-state index contributed by atoms with van der Waals surface area (Å²) in [6.45, 7) is 2.64. The molecule has 4 nitrogen and oxygen atoms in total. The molecule has 1 aromatic carbocycles. The maximum absolute atomic E-state index is 12.0. The van der Waals surface area contributed by atoms with E-state index in [9.17, 15) is 9.59 Å². The highest BCUT2D eigenvalue weighted by molar-refractivity contribution is 7.12. The average molecular weight is 301 g/mol. The number of carbonyl (C=O) groups is 2. The van der Waals surface area contributed by atoms with E-state index in [4.69, 9.17) is 4.74 Å². The molecule has 1 aliphatic heterocycles. The minimum absolute atomic E-state index is 0.147. The van der Waals surface area contributed by atoms with Crippen molar-refractivity contribution in [2.75, 3.05) is 11.4 Å². The summed E-state index contributed by atoms with van der Waals surface area (Å²) in [6.07, 6.45) is 1.50. The molecule has 1 amide bonds. The molecule has 1 fully saturated rings. The molecule has 0 atom stereocenters. The third-order valence-electron chi connectivity index (χ3n) is 3.48. The van der Waals surface area contributed by atoms with Gasteiger partial charge in [0.25, 0.3) is 0 Å². The van der Waals surface area contributed by atoms with Crippen LogP contribution in [0.15, 0.2) is 35.7 Å². The van der Waals surface area contributed by atoms with E-state index >= 15 is 0 Å². The Bertz CT molecular complexity index is 675. The van der Waals surface area contributed by atoms with Crippen LogP contribution in [0.25, 0.3) is 0 Å². The molecular formula is C16H15NO3S. The first-order chi connectivity index (χ1) is 10.1. The predicted octanol–water partition coefficient (Wildman–Crippen LogP) is 3.40. The zero-order valence-corrected chi connectivity index (χ0v) is 12.5. The third kappa shape index (κ3) is 2.83. The summed E-state index contributed by atoms with van der Waals surface area (Å²) in [4.78, 5) is 26.1. The molecule has 0 spiro atoms. The van der Waals surface area contributed by atoms with Gasteiger partial charge in [0.05, 0.1) is 0 Å². The minimum atomic E-state index is -0.340. The Balaban J connectivity index is 1.71. The number of carbonyl (C=O) groups excluding carboxylic acids is 2. The van der Waals surface area contributed by atoms with Crippen LogP contribution in [0.3, 0.4) is 0 Å². The summed E-state index contributed by atoms with van der Waals surface area (Å²) in [6, 6.07) is 8.97. The van der Waals surface area contributed by atoms with Crippen molar-refractivity contribution in [2.24, 2.45) is 0 Å². The number of thiophene rings is 1. The van der Waals surface area contributed by atoms with Gasteiger partial charge < -0.3 is 9.64 Å². The fourth-order valence-electron chi connectivity index (χ4n) is 2.35. The normalized spacial score (nSPS) is 14.5. The van der Waals surface area contributed by atoms with Crippen LogP contribution in [0.2, 0.25) is 0 Å². The van der Waals surface area contributed by atoms with Crippen LogP contribution in [0.1, 0.15) is 28.1 Å². The van der Waals surface area contributed by atoms with E-state index in [0.29, 0.717) is 17.0 Å². The summed E-state index contributed by atoms with van der Waals surface area (Å²) < 4.78 is 5.35. The summed E-state index contributed by atoms with van der Waals surface area (Å²) in [5.41, 5.74) is 1.77. The van der Waals surface area contributed by atoms with E-state index in [1.165, 1.54) is 11.3 Å². The maximum atomic E-state index is 12.0. The van der Waals surface area contributed by atoms with E-state index in [1.807, 2.05) is 30.5 Å². The first-order valence-corrected chi connectivity index (χ1v) is 7.70. The van der Waals surface area contributed by atoms with Crippen molar-refractivity contribution in [3.8, 4) is 5.75 Å². The van der Waals surface area contributed by atoms with Crippen molar-refractivity contribution in [1.82, 2.24) is 0 Å². The lowest BCUT2D eigenvalue weighted by molar-refractivity contribution is -0.117. The molecule has 2 heterocycles. The number of benzene rings is 1. The molecule has 0 N–H and O–H groups in total. The second-order valence-electron chi connectivity index (χ2n) is 4.97. The van der Waals surface area contributed by atoms with Crippen LogP contribution in [-0.4, -0.2) is 18.4 Å². The fourth-order valence-corrected chi connectivity index (χ4v) is 3.15. The number of hydrogen-bond donors (Lipinski definition) is 0. The van der Waals surface area contributed by atoms with Gasteiger partial charge in [-0.05, 0) is 54.6 Å². The molecule has 3 rings (SSSR count). The van der Waals surface area contributed by atoms with Gasteiger partial charge in [-0.3, -0.25) is 4.79 Å². The Morgan fingerprint density at radius 1 is 1.24 bits per heavy atom. The molecule has 108 valence electrons. The van der Waals surface area contributed by atoms with E-state index in [1.54, 1.807) is 17.0 Å². The van der Waals surface area contributed by atoms with Gasteiger partial charge in [-0.25, -0.2) is 4.79 Å². The molecule has 21 heavy (non-hydrogen) atoms. The lowest BCUT2D eigenvalue weighted by Gasteiger charge is -2.15. The first-order valence-electron chi connectivity index (χ1n) is 6.82. The van der Waals surface area contributed by atoms with Crippen molar-refractivity contribution < 1.29 is 14.3 Å². The van der Waals surface area contributed by atoms with Crippen LogP contribution in [0.5, 0.6) is 5.75 Å².